The molecular weight excluding hydrogens is 279 g/mol. The smallest absolute Gasteiger partial charge is 0.365 e. The lowest BCUT2D eigenvalue weighted by Crippen LogP contribution is -2.29. The highest BCUT2D eigenvalue weighted by molar-refractivity contribution is 6.33. The zero-order chi connectivity index (χ0) is 14.5. The van der Waals surface area contributed by atoms with Gasteiger partial charge in [0.05, 0.1) is 10.6 Å². The summed E-state index contributed by atoms with van der Waals surface area (Å²) >= 11 is 5.80. The van der Waals surface area contributed by atoms with Crippen molar-refractivity contribution in [3.63, 3.8) is 0 Å². The molecule has 1 aromatic rings. The highest BCUT2D eigenvalue weighted by Gasteiger charge is 2.31. The van der Waals surface area contributed by atoms with Gasteiger partial charge >= 0.3 is 6.18 Å². The first-order valence-corrected chi connectivity index (χ1v) is 6.45. The van der Waals surface area contributed by atoms with E-state index in [0.29, 0.717) is 6.54 Å². The van der Waals surface area contributed by atoms with E-state index in [1.165, 1.54) is 0 Å². The molecule has 0 spiro atoms. The SMILES string of the molecule is CCCCC(CN)Nc1ncc(C(F)(F)F)cc1Cl. The number of rotatable bonds is 6. The summed E-state index contributed by atoms with van der Waals surface area (Å²) in [6.45, 7) is 2.43. The second-order valence-electron chi connectivity index (χ2n) is 4.27. The number of aromatic nitrogens is 1. The lowest BCUT2D eigenvalue weighted by atomic mass is 10.1. The van der Waals surface area contributed by atoms with Gasteiger partial charge in [-0.2, -0.15) is 13.2 Å². The van der Waals surface area contributed by atoms with Crippen LogP contribution in [-0.2, 0) is 6.18 Å². The molecule has 0 saturated heterocycles. The van der Waals surface area contributed by atoms with Crippen molar-refractivity contribution in [3.05, 3.63) is 22.8 Å². The van der Waals surface area contributed by atoms with E-state index in [-0.39, 0.29) is 16.9 Å². The summed E-state index contributed by atoms with van der Waals surface area (Å²) in [5.74, 6) is 0.237. The number of halogens is 4. The average molecular weight is 296 g/mol. The highest BCUT2D eigenvalue weighted by Crippen LogP contribution is 2.32. The molecule has 0 aliphatic heterocycles. The van der Waals surface area contributed by atoms with Crippen LogP contribution in [0.5, 0.6) is 0 Å². The maximum Gasteiger partial charge on any atom is 0.417 e. The molecule has 0 saturated carbocycles. The summed E-state index contributed by atoms with van der Waals surface area (Å²) in [5, 5.41) is 2.92. The molecule has 1 unspecified atom stereocenters. The van der Waals surface area contributed by atoms with Gasteiger partial charge in [-0.25, -0.2) is 4.98 Å². The van der Waals surface area contributed by atoms with Crippen molar-refractivity contribution in [2.75, 3.05) is 11.9 Å². The van der Waals surface area contributed by atoms with Gasteiger partial charge < -0.3 is 11.1 Å². The Hall–Kier alpha value is -1.01. The van der Waals surface area contributed by atoms with E-state index in [1.54, 1.807) is 0 Å². The first kappa shape index (κ1) is 16.0. The van der Waals surface area contributed by atoms with Gasteiger partial charge in [0.2, 0.25) is 0 Å². The molecule has 1 aromatic heterocycles. The fourth-order valence-corrected chi connectivity index (χ4v) is 1.81. The van der Waals surface area contributed by atoms with E-state index in [9.17, 15) is 13.2 Å². The fraction of sp³-hybridized carbons (Fsp3) is 0.583. The minimum Gasteiger partial charge on any atom is -0.365 e. The number of unbranched alkanes of at least 4 members (excludes halogenated alkanes) is 1. The molecule has 0 aliphatic carbocycles. The third kappa shape index (κ3) is 4.87. The third-order valence-electron chi connectivity index (χ3n) is 2.70. The Bertz CT molecular complexity index is 410. The summed E-state index contributed by atoms with van der Waals surface area (Å²) < 4.78 is 37.4. The van der Waals surface area contributed by atoms with Gasteiger partial charge in [0, 0.05) is 18.8 Å². The molecule has 1 heterocycles. The van der Waals surface area contributed by atoms with Crippen LogP contribution in [0.4, 0.5) is 19.0 Å². The summed E-state index contributed by atoms with van der Waals surface area (Å²) in [4.78, 5) is 3.72. The Kier molecular flexibility index (Phi) is 5.87. The number of anilines is 1. The molecule has 3 N–H and O–H groups in total. The van der Waals surface area contributed by atoms with E-state index in [0.717, 1.165) is 31.5 Å². The second kappa shape index (κ2) is 6.96. The number of nitrogens with one attached hydrogen (secondary N) is 1. The van der Waals surface area contributed by atoms with Crippen molar-refractivity contribution in [2.24, 2.45) is 5.73 Å². The Morgan fingerprint density at radius 2 is 2.16 bits per heavy atom. The first-order valence-electron chi connectivity index (χ1n) is 6.07. The van der Waals surface area contributed by atoms with Crippen LogP contribution < -0.4 is 11.1 Å². The molecule has 0 amide bonds. The zero-order valence-corrected chi connectivity index (χ0v) is 11.4. The number of pyridine rings is 1. The lowest BCUT2D eigenvalue weighted by Gasteiger charge is -2.18. The quantitative estimate of drug-likeness (QED) is 0.841. The van der Waals surface area contributed by atoms with Crippen LogP contribution in [0, 0.1) is 0 Å². The topological polar surface area (TPSA) is 50.9 Å². The lowest BCUT2D eigenvalue weighted by molar-refractivity contribution is -0.137. The third-order valence-corrected chi connectivity index (χ3v) is 2.99. The Labute approximate surface area is 115 Å². The van der Waals surface area contributed by atoms with Crippen LogP contribution in [-0.4, -0.2) is 17.6 Å². The maximum absolute atomic E-state index is 12.5. The van der Waals surface area contributed by atoms with Crippen LogP contribution >= 0.6 is 11.6 Å². The van der Waals surface area contributed by atoms with Crippen molar-refractivity contribution >= 4 is 17.4 Å². The standard InChI is InChI=1S/C12H17ClF3N3/c1-2-3-4-9(6-17)19-11-10(13)5-8(7-18-11)12(14,15)16/h5,7,9H,2-4,6,17H2,1H3,(H,18,19). The van der Waals surface area contributed by atoms with Gasteiger partial charge in [0.25, 0.3) is 0 Å². The normalized spacial score (nSPS) is 13.4. The minimum absolute atomic E-state index is 0.0401. The summed E-state index contributed by atoms with van der Waals surface area (Å²) in [7, 11) is 0. The second-order valence-corrected chi connectivity index (χ2v) is 4.68. The van der Waals surface area contributed by atoms with E-state index in [2.05, 4.69) is 17.2 Å². The summed E-state index contributed by atoms with van der Waals surface area (Å²) in [6, 6.07) is 0.825. The molecule has 3 nitrogen and oxygen atoms in total. The number of nitrogens with two attached hydrogens (primary N) is 1. The minimum atomic E-state index is -4.44. The molecule has 19 heavy (non-hydrogen) atoms. The van der Waals surface area contributed by atoms with E-state index in [4.69, 9.17) is 17.3 Å². The first-order chi connectivity index (χ1) is 8.88. The molecule has 0 bridgehead atoms. The average Bonchev–Trinajstić information content (AvgIpc) is 2.35. The van der Waals surface area contributed by atoms with Crippen molar-refractivity contribution in [1.82, 2.24) is 4.98 Å². The van der Waals surface area contributed by atoms with Gasteiger partial charge in [-0.15, -0.1) is 0 Å². The Balaban J connectivity index is 2.79. The maximum atomic E-state index is 12.5. The molecule has 0 aromatic carbocycles. The van der Waals surface area contributed by atoms with Gasteiger partial charge in [-0.1, -0.05) is 31.4 Å². The molecule has 1 atom stereocenters. The predicted molar refractivity (Wildman–Crippen MR) is 70.2 cm³/mol. The molecule has 7 heteroatoms. The van der Waals surface area contributed by atoms with Crippen molar-refractivity contribution < 1.29 is 13.2 Å². The van der Waals surface area contributed by atoms with Gasteiger partial charge in [-0.3, -0.25) is 0 Å². The predicted octanol–water partition coefficient (Wildman–Crippen LogP) is 3.68. The Morgan fingerprint density at radius 1 is 1.47 bits per heavy atom. The zero-order valence-electron chi connectivity index (χ0n) is 10.6. The Morgan fingerprint density at radius 3 is 2.63 bits per heavy atom. The summed E-state index contributed by atoms with van der Waals surface area (Å²) in [5.41, 5.74) is 4.74. The summed E-state index contributed by atoms with van der Waals surface area (Å²) in [6.07, 6.45) is -0.849. The van der Waals surface area contributed by atoms with E-state index < -0.39 is 11.7 Å². The fourth-order valence-electron chi connectivity index (χ4n) is 1.59. The van der Waals surface area contributed by atoms with Crippen molar-refractivity contribution in [2.45, 2.75) is 38.4 Å². The number of alkyl halides is 3. The number of hydrogen-bond acceptors (Lipinski definition) is 3. The van der Waals surface area contributed by atoms with Gasteiger partial charge in [-0.05, 0) is 12.5 Å². The number of hydrogen-bond donors (Lipinski definition) is 2. The van der Waals surface area contributed by atoms with Gasteiger partial charge in [0.1, 0.15) is 5.82 Å². The van der Waals surface area contributed by atoms with E-state index in [1.807, 2.05) is 0 Å². The molecule has 108 valence electrons. The van der Waals surface area contributed by atoms with E-state index >= 15 is 0 Å². The highest BCUT2D eigenvalue weighted by atomic mass is 35.5. The molecule has 0 fully saturated rings. The van der Waals surface area contributed by atoms with Crippen molar-refractivity contribution in [1.29, 1.82) is 0 Å². The van der Waals surface area contributed by atoms with Crippen LogP contribution in [0.2, 0.25) is 5.02 Å². The molecule has 0 aliphatic rings. The van der Waals surface area contributed by atoms with Crippen molar-refractivity contribution in [3.8, 4) is 0 Å². The van der Waals surface area contributed by atoms with Crippen LogP contribution in [0.25, 0.3) is 0 Å². The molecule has 0 radical (unpaired) electrons. The largest absolute Gasteiger partial charge is 0.417 e. The molecule has 1 rings (SSSR count). The van der Waals surface area contributed by atoms with Gasteiger partial charge in [0.15, 0.2) is 0 Å². The molecular formula is C12H17ClF3N3. The van der Waals surface area contributed by atoms with Crippen LogP contribution in [0.15, 0.2) is 12.3 Å². The number of nitrogens with zero attached hydrogens (tertiary/aromatic N) is 1. The monoisotopic (exact) mass is 295 g/mol. The van der Waals surface area contributed by atoms with Crippen LogP contribution in [0.3, 0.4) is 0 Å². The van der Waals surface area contributed by atoms with Crippen LogP contribution in [0.1, 0.15) is 31.7 Å².